The highest BCUT2D eigenvalue weighted by atomic mass is 16.4. The molecule has 2 aromatic rings. The fourth-order valence-corrected chi connectivity index (χ4v) is 2.19. The summed E-state index contributed by atoms with van der Waals surface area (Å²) in [6.45, 7) is 13.5. The molecular weight excluding hydrogens is 262 g/mol. The number of nitrogens with zero attached hydrogens (tertiary/aromatic N) is 3. The Morgan fingerprint density at radius 3 is 2.14 bits per heavy atom. The minimum atomic E-state index is 0.154. The average molecular weight is 287 g/mol. The van der Waals surface area contributed by atoms with Crippen molar-refractivity contribution in [2.24, 2.45) is 0 Å². The zero-order chi connectivity index (χ0) is 15.5. The van der Waals surface area contributed by atoms with Gasteiger partial charge in [-0.1, -0.05) is 46.8 Å². The van der Waals surface area contributed by atoms with Crippen LogP contribution in [0.15, 0.2) is 28.7 Å². The van der Waals surface area contributed by atoms with Gasteiger partial charge in [-0.15, -0.1) is 10.2 Å². The van der Waals surface area contributed by atoms with Gasteiger partial charge in [0.1, 0.15) is 0 Å². The van der Waals surface area contributed by atoms with Gasteiger partial charge in [0.2, 0.25) is 11.8 Å². The Morgan fingerprint density at radius 1 is 1.00 bits per heavy atom. The summed E-state index contributed by atoms with van der Waals surface area (Å²) >= 11 is 0. The predicted molar refractivity (Wildman–Crippen MR) is 85.1 cm³/mol. The SMILES string of the molecule is CCN(CC)Cc1nnc(-c2ccc(C(C)(C)C)cc2)o1. The summed E-state index contributed by atoms with van der Waals surface area (Å²) in [4.78, 5) is 2.25. The molecule has 114 valence electrons. The van der Waals surface area contributed by atoms with Gasteiger partial charge < -0.3 is 4.42 Å². The Morgan fingerprint density at radius 2 is 1.62 bits per heavy atom. The third kappa shape index (κ3) is 3.91. The first-order valence-electron chi connectivity index (χ1n) is 7.59. The standard InChI is InChI=1S/C17H25N3O/c1-6-20(7-2)12-15-18-19-16(21-15)13-8-10-14(11-9-13)17(3,4)5/h8-11H,6-7,12H2,1-5H3. The zero-order valence-corrected chi connectivity index (χ0v) is 13.7. The van der Waals surface area contributed by atoms with Crippen LogP contribution in [0.4, 0.5) is 0 Å². The molecule has 0 aliphatic heterocycles. The lowest BCUT2D eigenvalue weighted by Crippen LogP contribution is -2.22. The van der Waals surface area contributed by atoms with Crippen LogP contribution in [0, 0.1) is 0 Å². The Bertz CT molecular complexity index is 562. The van der Waals surface area contributed by atoms with Crippen LogP contribution in [0.25, 0.3) is 11.5 Å². The van der Waals surface area contributed by atoms with Gasteiger partial charge in [-0.05, 0) is 36.2 Å². The summed E-state index contributed by atoms with van der Waals surface area (Å²) < 4.78 is 5.77. The highest BCUT2D eigenvalue weighted by molar-refractivity contribution is 5.53. The average Bonchev–Trinajstić information content (AvgIpc) is 2.92. The fraction of sp³-hybridized carbons (Fsp3) is 0.529. The molecule has 0 spiro atoms. The van der Waals surface area contributed by atoms with Crippen LogP contribution in [-0.2, 0) is 12.0 Å². The summed E-state index contributed by atoms with van der Waals surface area (Å²) in [5.74, 6) is 1.27. The molecule has 1 heterocycles. The molecule has 0 aliphatic carbocycles. The minimum absolute atomic E-state index is 0.154. The van der Waals surface area contributed by atoms with E-state index >= 15 is 0 Å². The van der Waals surface area contributed by atoms with Crippen molar-refractivity contribution in [1.82, 2.24) is 15.1 Å². The first-order valence-corrected chi connectivity index (χ1v) is 7.59. The monoisotopic (exact) mass is 287 g/mol. The Kier molecular flexibility index (Phi) is 4.78. The van der Waals surface area contributed by atoms with E-state index in [0.29, 0.717) is 18.3 Å². The molecule has 0 N–H and O–H groups in total. The van der Waals surface area contributed by atoms with Gasteiger partial charge in [0.15, 0.2) is 0 Å². The van der Waals surface area contributed by atoms with Crippen molar-refractivity contribution in [3.05, 3.63) is 35.7 Å². The number of benzene rings is 1. The van der Waals surface area contributed by atoms with E-state index in [2.05, 4.69) is 74.0 Å². The quantitative estimate of drug-likeness (QED) is 0.837. The van der Waals surface area contributed by atoms with Gasteiger partial charge in [0.25, 0.3) is 0 Å². The van der Waals surface area contributed by atoms with Gasteiger partial charge in [-0.2, -0.15) is 0 Å². The normalized spacial score (nSPS) is 12.1. The van der Waals surface area contributed by atoms with Crippen LogP contribution < -0.4 is 0 Å². The smallest absolute Gasteiger partial charge is 0.247 e. The Labute approximate surface area is 127 Å². The minimum Gasteiger partial charge on any atom is -0.419 e. The maximum Gasteiger partial charge on any atom is 0.247 e. The molecule has 0 radical (unpaired) electrons. The lowest BCUT2D eigenvalue weighted by Gasteiger charge is -2.18. The molecule has 21 heavy (non-hydrogen) atoms. The van der Waals surface area contributed by atoms with Gasteiger partial charge in [0, 0.05) is 5.56 Å². The van der Waals surface area contributed by atoms with E-state index in [1.54, 1.807) is 0 Å². The molecule has 0 atom stereocenters. The highest BCUT2D eigenvalue weighted by Gasteiger charge is 2.15. The maximum absolute atomic E-state index is 5.77. The first-order chi connectivity index (χ1) is 9.94. The van der Waals surface area contributed by atoms with Gasteiger partial charge in [-0.25, -0.2) is 0 Å². The maximum atomic E-state index is 5.77. The number of aromatic nitrogens is 2. The molecule has 0 bridgehead atoms. The van der Waals surface area contributed by atoms with E-state index in [0.717, 1.165) is 18.7 Å². The Balaban J connectivity index is 2.14. The van der Waals surface area contributed by atoms with Crippen LogP contribution in [-0.4, -0.2) is 28.2 Å². The van der Waals surface area contributed by atoms with Crippen molar-refractivity contribution in [3.8, 4) is 11.5 Å². The van der Waals surface area contributed by atoms with E-state index in [1.165, 1.54) is 5.56 Å². The van der Waals surface area contributed by atoms with Crippen molar-refractivity contribution in [1.29, 1.82) is 0 Å². The van der Waals surface area contributed by atoms with Crippen LogP contribution in [0.2, 0.25) is 0 Å². The molecule has 0 saturated carbocycles. The molecule has 0 unspecified atom stereocenters. The van der Waals surface area contributed by atoms with Crippen LogP contribution in [0.3, 0.4) is 0 Å². The van der Waals surface area contributed by atoms with Gasteiger partial charge in [-0.3, -0.25) is 4.90 Å². The summed E-state index contributed by atoms with van der Waals surface area (Å²) in [5.41, 5.74) is 2.43. The van der Waals surface area contributed by atoms with Gasteiger partial charge >= 0.3 is 0 Å². The molecule has 4 nitrogen and oxygen atoms in total. The van der Waals surface area contributed by atoms with E-state index in [4.69, 9.17) is 4.42 Å². The van der Waals surface area contributed by atoms with Crippen molar-refractivity contribution in [2.75, 3.05) is 13.1 Å². The van der Waals surface area contributed by atoms with Crippen molar-refractivity contribution in [3.63, 3.8) is 0 Å². The van der Waals surface area contributed by atoms with Crippen molar-refractivity contribution in [2.45, 2.75) is 46.6 Å². The molecule has 0 amide bonds. The van der Waals surface area contributed by atoms with Crippen LogP contribution in [0.5, 0.6) is 0 Å². The second-order valence-corrected chi connectivity index (χ2v) is 6.29. The molecule has 0 saturated heterocycles. The van der Waals surface area contributed by atoms with Crippen molar-refractivity contribution < 1.29 is 4.42 Å². The summed E-state index contributed by atoms with van der Waals surface area (Å²) in [5, 5.41) is 8.30. The zero-order valence-electron chi connectivity index (χ0n) is 13.7. The third-order valence-electron chi connectivity index (χ3n) is 3.72. The lowest BCUT2D eigenvalue weighted by molar-refractivity contribution is 0.264. The van der Waals surface area contributed by atoms with Crippen LogP contribution >= 0.6 is 0 Å². The van der Waals surface area contributed by atoms with Crippen molar-refractivity contribution >= 4 is 0 Å². The second-order valence-electron chi connectivity index (χ2n) is 6.29. The summed E-state index contributed by atoms with van der Waals surface area (Å²) in [6.07, 6.45) is 0. The molecular formula is C17H25N3O. The third-order valence-corrected chi connectivity index (χ3v) is 3.72. The number of hydrogen-bond acceptors (Lipinski definition) is 4. The fourth-order valence-electron chi connectivity index (χ4n) is 2.19. The number of rotatable bonds is 5. The van der Waals surface area contributed by atoms with E-state index in [9.17, 15) is 0 Å². The molecule has 0 aliphatic rings. The first kappa shape index (κ1) is 15.7. The largest absolute Gasteiger partial charge is 0.419 e. The predicted octanol–water partition coefficient (Wildman–Crippen LogP) is 3.88. The number of hydrogen-bond donors (Lipinski definition) is 0. The molecule has 4 heteroatoms. The van der Waals surface area contributed by atoms with E-state index in [1.807, 2.05) is 0 Å². The lowest BCUT2D eigenvalue weighted by atomic mass is 9.87. The molecule has 0 fully saturated rings. The molecule has 1 aromatic heterocycles. The highest BCUT2D eigenvalue weighted by Crippen LogP contribution is 2.25. The molecule has 2 rings (SSSR count). The molecule has 1 aromatic carbocycles. The van der Waals surface area contributed by atoms with E-state index < -0.39 is 0 Å². The van der Waals surface area contributed by atoms with Gasteiger partial charge in [0.05, 0.1) is 6.54 Å². The summed E-state index contributed by atoms with van der Waals surface area (Å²) in [7, 11) is 0. The topological polar surface area (TPSA) is 42.2 Å². The summed E-state index contributed by atoms with van der Waals surface area (Å²) in [6, 6.07) is 8.36. The second kappa shape index (κ2) is 6.39. The van der Waals surface area contributed by atoms with E-state index in [-0.39, 0.29) is 5.41 Å². The Hall–Kier alpha value is -1.68. The van der Waals surface area contributed by atoms with Crippen LogP contribution in [0.1, 0.15) is 46.1 Å².